The van der Waals surface area contributed by atoms with Crippen molar-refractivity contribution in [2.45, 2.75) is 25.4 Å². The summed E-state index contributed by atoms with van der Waals surface area (Å²) in [5.74, 6) is 1.29. The molecule has 4 nitrogen and oxygen atoms in total. The van der Waals surface area contributed by atoms with Crippen LogP contribution < -0.4 is 5.73 Å². The van der Waals surface area contributed by atoms with Crippen LogP contribution in [0.4, 0.5) is 0 Å². The Labute approximate surface area is 134 Å². The zero-order chi connectivity index (χ0) is 15.3. The third kappa shape index (κ3) is 2.31. The first-order chi connectivity index (χ1) is 10.6. The van der Waals surface area contributed by atoms with Crippen LogP contribution in [0.3, 0.4) is 0 Å². The minimum absolute atomic E-state index is 0.180. The van der Waals surface area contributed by atoms with Gasteiger partial charge in [0.25, 0.3) is 0 Å². The SMILES string of the molecule is NC1CCC2CN(C(=O)Cn3ccc4ccc(Cl)cc43)CC12. The van der Waals surface area contributed by atoms with Gasteiger partial charge in [0.2, 0.25) is 5.91 Å². The molecule has 1 saturated carbocycles. The van der Waals surface area contributed by atoms with E-state index in [0.717, 1.165) is 36.8 Å². The van der Waals surface area contributed by atoms with Crippen LogP contribution in [0.1, 0.15) is 12.8 Å². The predicted molar refractivity (Wildman–Crippen MR) is 87.7 cm³/mol. The average molecular weight is 318 g/mol. The normalized spacial score (nSPS) is 27.5. The maximum absolute atomic E-state index is 12.6. The van der Waals surface area contributed by atoms with Crippen LogP contribution in [0, 0.1) is 11.8 Å². The van der Waals surface area contributed by atoms with Gasteiger partial charge in [0.05, 0.1) is 0 Å². The average Bonchev–Trinajstić information content (AvgIpc) is 3.16. The summed E-state index contributed by atoms with van der Waals surface area (Å²) in [7, 11) is 0. The van der Waals surface area contributed by atoms with Gasteiger partial charge in [-0.1, -0.05) is 17.7 Å². The van der Waals surface area contributed by atoms with Gasteiger partial charge in [0, 0.05) is 35.9 Å². The van der Waals surface area contributed by atoms with Crippen molar-refractivity contribution in [1.82, 2.24) is 9.47 Å². The molecule has 1 amide bonds. The number of fused-ring (bicyclic) bond motifs is 2. The zero-order valence-electron chi connectivity index (χ0n) is 12.4. The summed E-state index contributed by atoms with van der Waals surface area (Å²) >= 11 is 6.07. The summed E-state index contributed by atoms with van der Waals surface area (Å²) in [4.78, 5) is 14.6. The van der Waals surface area contributed by atoms with E-state index in [9.17, 15) is 4.79 Å². The van der Waals surface area contributed by atoms with Crippen LogP contribution in [-0.4, -0.2) is 34.5 Å². The maximum atomic E-state index is 12.6. The van der Waals surface area contributed by atoms with E-state index < -0.39 is 0 Å². The van der Waals surface area contributed by atoms with Gasteiger partial charge in [0.15, 0.2) is 0 Å². The van der Waals surface area contributed by atoms with Crippen LogP contribution in [0.25, 0.3) is 10.9 Å². The largest absolute Gasteiger partial charge is 0.341 e. The molecule has 2 N–H and O–H groups in total. The van der Waals surface area contributed by atoms with E-state index in [0.29, 0.717) is 23.4 Å². The molecule has 1 saturated heterocycles. The van der Waals surface area contributed by atoms with E-state index in [2.05, 4.69) is 0 Å². The molecule has 1 aliphatic carbocycles. The molecule has 0 spiro atoms. The molecule has 2 fully saturated rings. The van der Waals surface area contributed by atoms with Crippen molar-refractivity contribution in [3.63, 3.8) is 0 Å². The number of rotatable bonds is 2. The summed E-state index contributed by atoms with van der Waals surface area (Å²) in [6.07, 6.45) is 4.23. The van der Waals surface area contributed by atoms with Crippen LogP contribution >= 0.6 is 11.6 Å². The fourth-order valence-corrected chi connectivity index (χ4v) is 4.22. The molecular weight excluding hydrogens is 298 g/mol. The van der Waals surface area contributed by atoms with Gasteiger partial charge in [-0.15, -0.1) is 0 Å². The second-order valence-corrected chi connectivity index (χ2v) is 7.05. The standard InChI is InChI=1S/C17H20ClN3O/c18-13-3-1-11-5-6-20(16(11)7-13)10-17(22)21-8-12-2-4-15(19)14(12)9-21/h1,3,5-7,12,14-15H,2,4,8-10,19H2. The molecule has 22 heavy (non-hydrogen) atoms. The van der Waals surface area contributed by atoms with E-state index in [1.165, 1.54) is 0 Å². The van der Waals surface area contributed by atoms with Crippen LogP contribution in [-0.2, 0) is 11.3 Å². The van der Waals surface area contributed by atoms with Gasteiger partial charge >= 0.3 is 0 Å². The Bertz CT molecular complexity index is 726. The van der Waals surface area contributed by atoms with E-state index in [1.807, 2.05) is 39.9 Å². The number of hydrogen-bond donors (Lipinski definition) is 1. The highest BCUT2D eigenvalue weighted by Crippen LogP contribution is 2.37. The molecule has 4 rings (SSSR count). The van der Waals surface area contributed by atoms with Crippen LogP contribution in [0.15, 0.2) is 30.5 Å². The smallest absolute Gasteiger partial charge is 0.242 e. The molecule has 3 unspecified atom stereocenters. The monoisotopic (exact) mass is 317 g/mol. The Morgan fingerprint density at radius 2 is 2.14 bits per heavy atom. The highest BCUT2D eigenvalue weighted by Gasteiger charge is 2.42. The van der Waals surface area contributed by atoms with Crippen molar-refractivity contribution < 1.29 is 4.79 Å². The lowest BCUT2D eigenvalue weighted by Crippen LogP contribution is -2.35. The van der Waals surface area contributed by atoms with Crippen molar-refractivity contribution in [3.8, 4) is 0 Å². The van der Waals surface area contributed by atoms with Gasteiger partial charge in [-0.05, 0) is 48.3 Å². The summed E-state index contributed by atoms with van der Waals surface area (Å²) < 4.78 is 1.98. The topological polar surface area (TPSA) is 51.3 Å². The molecule has 0 bridgehead atoms. The molecule has 116 valence electrons. The van der Waals surface area contributed by atoms with Crippen molar-refractivity contribution in [1.29, 1.82) is 0 Å². The number of aromatic nitrogens is 1. The number of amides is 1. The number of carbonyl (C=O) groups is 1. The molecule has 2 heterocycles. The summed E-state index contributed by atoms with van der Waals surface area (Å²) in [5.41, 5.74) is 7.16. The second-order valence-electron chi connectivity index (χ2n) is 6.61. The molecule has 3 atom stereocenters. The van der Waals surface area contributed by atoms with Crippen LogP contribution in [0.2, 0.25) is 5.02 Å². The number of nitrogens with zero attached hydrogens (tertiary/aromatic N) is 2. The van der Waals surface area contributed by atoms with Gasteiger partial charge < -0.3 is 15.2 Å². The van der Waals surface area contributed by atoms with Crippen molar-refractivity contribution in [3.05, 3.63) is 35.5 Å². The van der Waals surface area contributed by atoms with Gasteiger partial charge in [0.1, 0.15) is 6.54 Å². The molecule has 5 heteroatoms. The number of likely N-dealkylation sites (tertiary alicyclic amines) is 1. The van der Waals surface area contributed by atoms with E-state index >= 15 is 0 Å². The molecular formula is C17H20ClN3O. The highest BCUT2D eigenvalue weighted by molar-refractivity contribution is 6.31. The second kappa shape index (κ2) is 5.28. The number of halogens is 1. The van der Waals surface area contributed by atoms with Crippen molar-refractivity contribution in [2.75, 3.05) is 13.1 Å². The van der Waals surface area contributed by atoms with Gasteiger partial charge in [-0.3, -0.25) is 4.79 Å². The summed E-state index contributed by atoms with van der Waals surface area (Å²) in [6, 6.07) is 8.07. The number of carbonyl (C=O) groups excluding carboxylic acids is 1. The lowest BCUT2D eigenvalue weighted by molar-refractivity contribution is -0.131. The van der Waals surface area contributed by atoms with E-state index in [-0.39, 0.29) is 11.9 Å². The fraction of sp³-hybridized carbons (Fsp3) is 0.471. The van der Waals surface area contributed by atoms with Crippen molar-refractivity contribution in [2.24, 2.45) is 17.6 Å². The first-order valence-corrected chi connectivity index (χ1v) is 8.27. The summed E-state index contributed by atoms with van der Waals surface area (Å²) in [6.45, 7) is 2.07. The van der Waals surface area contributed by atoms with Gasteiger partial charge in [-0.25, -0.2) is 0 Å². The minimum Gasteiger partial charge on any atom is -0.341 e. The Morgan fingerprint density at radius 3 is 2.95 bits per heavy atom. The predicted octanol–water partition coefficient (Wildman–Crippen LogP) is 2.49. The first-order valence-electron chi connectivity index (χ1n) is 7.89. The molecule has 2 aromatic rings. The molecule has 1 aliphatic heterocycles. The Hall–Kier alpha value is -1.52. The lowest BCUT2D eigenvalue weighted by Gasteiger charge is -2.19. The molecule has 0 radical (unpaired) electrons. The Kier molecular flexibility index (Phi) is 3.39. The maximum Gasteiger partial charge on any atom is 0.242 e. The number of nitrogens with two attached hydrogens (primary N) is 1. The van der Waals surface area contributed by atoms with Crippen LogP contribution in [0.5, 0.6) is 0 Å². The molecule has 1 aromatic heterocycles. The minimum atomic E-state index is 0.180. The third-order valence-electron chi connectivity index (χ3n) is 5.31. The number of benzene rings is 1. The Morgan fingerprint density at radius 1 is 1.27 bits per heavy atom. The zero-order valence-corrected chi connectivity index (χ0v) is 13.2. The van der Waals surface area contributed by atoms with E-state index in [1.54, 1.807) is 0 Å². The van der Waals surface area contributed by atoms with Gasteiger partial charge in [-0.2, -0.15) is 0 Å². The summed E-state index contributed by atoms with van der Waals surface area (Å²) in [5, 5.41) is 1.80. The molecule has 2 aliphatic rings. The third-order valence-corrected chi connectivity index (χ3v) is 5.54. The first kappa shape index (κ1) is 14.1. The fourth-order valence-electron chi connectivity index (χ4n) is 4.05. The highest BCUT2D eigenvalue weighted by atomic mass is 35.5. The van der Waals surface area contributed by atoms with E-state index in [4.69, 9.17) is 17.3 Å². The lowest BCUT2D eigenvalue weighted by atomic mass is 9.98. The quantitative estimate of drug-likeness (QED) is 0.925. The number of hydrogen-bond acceptors (Lipinski definition) is 2. The molecule has 1 aromatic carbocycles. The van der Waals surface area contributed by atoms with Crippen molar-refractivity contribution >= 4 is 28.4 Å². The Balaban J connectivity index is 1.51.